The number of para-hydroxylation sites is 1. The van der Waals surface area contributed by atoms with Gasteiger partial charge in [0.2, 0.25) is 18.6 Å². The molecule has 4 aromatic rings. The number of hydrogen-bond acceptors (Lipinski definition) is 6. The molecule has 3 amide bonds. The van der Waals surface area contributed by atoms with Gasteiger partial charge in [-0.2, -0.15) is 5.10 Å². The summed E-state index contributed by atoms with van der Waals surface area (Å²) in [6.45, 7) is 0.107. The van der Waals surface area contributed by atoms with E-state index in [2.05, 4.69) is 10.5 Å². The van der Waals surface area contributed by atoms with Crippen molar-refractivity contribution in [1.29, 1.82) is 0 Å². The highest BCUT2D eigenvalue weighted by Crippen LogP contribution is 2.63. The van der Waals surface area contributed by atoms with Gasteiger partial charge in [-0.1, -0.05) is 66.7 Å². The van der Waals surface area contributed by atoms with Crippen LogP contribution in [0.4, 0.5) is 5.69 Å². The average Bonchev–Trinajstić information content (AvgIpc) is 3.59. The molecule has 0 radical (unpaired) electrons. The number of rotatable bonds is 4. The Morgan fingerprint density at radius 2 is 1.49 bits per heavy atom. The lowest BCUT2D eigenvalue weighted by molar-refractivity contribution is -0.122. The number of hydrazone groups is 1. The van der Waals surface area contributed by atoms with E-state index in [4.69, 9.17) is 9.47 Å². The number of fused-ring (bicyclic) bond motifs is 1. The first-order valence-electron chi connectivity index (χ1n) is 13.5. The summed E-state index contributed by atoms with van der Waals surface area (Å²) in [5, 5.41) is 4.47. The number of carbonyl (C=O) groups is 3. The second-order valence-electron chi connectivity index (χ2n) is 10.6. The Bertz CT molecular complexity index is 1750. The number of imide groups is 1. The van der Waals surface area contributed by atoms with E-state index in [1.165, 1.54) is 4.90 Å². The highest BCUT2D eigenvalue weighted by Gasteiger charge is 2.68. The van der Waals surface area contributed by atoms with E-state index >= 15 is 0 Å². The van der Waals surface area contributed by atoms with E-state index in [9.17, 15) is 14.4 Å². The first-order valence-corrected chi connectivity index (χ1v) is 13.5. The molecule has 9 rings (SSSR count). The standard InChI is InChI=1S/C33H23N3O5/c37-30(19-14-15-25-26(16-19)41-18-40-25)35-34-17-33-23-12-6-4-10-21(23)27(22-11-5-7-13-24(22)33)28-29(33)32(39)36(31(28)38)20-8-2-1-3-9-20/h1-17,27-29H,18H2,(H,35,37)/b34-17-/t27?,28-,29-,33?/m0/s1. The van der Waals surface area contributed by atoms with Crippen LogP contribution >= 0.6 is 0 Å². The molecule has 1 fully saturated rings. The van der Waals surface area contributed by atoms with Gasteiger partial charge in [0.05, 0.1) is 22.9 Å². The molecule has 0 unspecified atom stereocenters. The molecule has 4 aromatic carbocycles. The molecule has 1 saturated heterocycles. The monoisotopic (exact) mass is 541 g/mol. The van der Waals surface area contributed by atoms with Crippen LogP contribution in [-0.4, -0.2) is 30.7 Å². The van der Waals surface area contributed by atoms with E-state index in [0.717, 1.165) is 22.3 Å². The second kappa shape index (κ2) is 8.63. The van der Waals surface area contributed by atoms with Gasteiger partial charge in [-0.25, -0.2) is 10.3 Å². The summed E-state index contributed by atoms with van der Waals surface area (Å²) < 4.78 is 10.8. The average molecular weight is 542 g/mol. The quantitative estimate of drug-likeness (QED) is 0.235. The highest BCUT2D eigenvalue weighted by atomic mass is 16.7. The zero-order valence-corrected chi connectivity index (χ0v) is 21.7. The van der Waals surface area contributed by atoms with Crippen molar-refractivity contribution in [2.75, 3.05) is 11.7 Å². The van der Waals surface area contributed by atoms with Crippen LogP contribution in [-0.2, 0) is 15.0 Å². The van der Waals surface area contributed by atoms with Crippen LogP contribution in [0.1, 0.15) is 38.5 Å². The van der Waals surface area contributed by atoms with Crippen molar-refractivity contribution >= 4 is 29.6 Å². The number of nitrogens with one attached hydrogen (secondary N) is 1. The Kier molecular flexibility index (Phi) is 4.97. The van der Waals surface area contributed by atoms with Crippen molar-refractivity contribution in [1.82, 2.24) is 5.43 Å². The number of carbonyl (C=O) groups excluding carboxylic acids is 3. The zero-order valence-electron chi connectivity index (χ0n) is 21.7. The lowest BCUT2D eigenvalue weighted by Gasteiger charge is -2.52. The van der Waals surface area contributed by atoms with Gasteiger partial charge in [0.25, 0.3) is 5.91 Å². The molecule has 2 bridgehead atoms. The van der Waals surface area contributed by atoms with Crippen LogP contribution in [0.2, 0.25) is 0 Å². The van der Waals surface area contributed by atoms with Gasteiger partial charge in [-0.05, 0) is 52.6 Å². The Morgan fingerprint density at radius 3 is 2.22 bits per heavy atom. The molecular formula is C33H23N3O5. The third-order valence-electron chi connectivity index (χ3n) is 8.77. The van der Waals surface area contributed by atoms with Crippen LogP contribution < -0.4 is 19.8 Å². The van der Waals surface area contributed by atoms with Crippen molar-refractivity contribution < 1.29 is 23.9 Å². The summed E-state index contributed by atoms with van der Waals surface area (Å²) in [5.74, 6) is -1.45. The molecule has 2 atom stereocenters. The molecule has 5 aliphatic rings. The summed E-state index contributed by atoms with van der Waals surface area (Å²) in [5.41, 5.74) is 6.32. The zero-order chi connectivity index (χ0) is 27.7. The molecule has 200 valence electrons. The summed E-state index contributed by atoms with van der Waals surface area (Å²) in [6.07, 6.45) is 1.66. The van der Waals surface area contributed by atoms with Gasteiger partial charge in [-0.3, -0.25) is 14.4 Å². The highest BCUT2D eigenvalue weighted by molar-refractivity contribution is 6.25. The summed E-state index contributed by atoms with van der Waals surface area (Å²) in [6, 6.07) is 29.8. The predicted molar refractivity (Wildman–Crippen MR) is 150 cm³/mol. The van der Waals surface area contributed by atoms with Crippen LogP contribution in [0.15, 0.2) is 102 Å². The fourth-order valence-corrected chi connectivity index (χ4v) is 7.18. The molecule has 8 heteroatoms. The van der Waals surface area contributed by atoms with Gasteiger partial charge < -0.3 is 9.47 Å². The molecule has 8 nitrogen and oxygen atoms in total. The molecule has 3 aliphatic carbocycles. The predicted octanol–water partition coefficient (Wildman–Crippen LogP) is 4.38. The Hall–Kier alpha value is -5.24. The van der Waals surface area contributed by atoms with E-state index in [-0.39, 0.29) is 24.5 Å². The minimum atomic E-state index is -1.06. The minimum Gasteiger partial charge on any atom is -0.454 e. The third-order valence-corrected chi connectivity index (χ3v) is 8.77. The summed E-state index contributed by atoms with van der Waals surface area (Å²) in [4.78, 5) is 42.9. The van der Waals surface area contributed by atoms with Crippen LogP contribution in [0.5, 0.6) is 11.5 Å². The van der Waals surface area contributed by atoms with Crippen LogP contribution in [0.25, 0.3) is 0 Å². The van der Waals surface area contributed by atoms with Crippen molar-refractivity contribution in [2.24, 2.45) is 16.9 Å². The number of anilines is 1. The minimum absolute atomic E-state index is 0.107. The fraction of sp³-hybridized carbons (Fsp3) is 0.152. The molecular weight excluding hydrogens is 518 g/mol. The molecule has 1 N–H and O–H groups in total. The molecule has 0 saturated carbocycles. The van der Waals surface area contributed by atoms with E-state index < -0.39 is 23.2 Å². The topological polar surface area (TPSA) is 97.3 Å². The van der Waals surface area contributed by atoms with E-state index in [1.54, 1.807) is 36.5 Å². The van der Waals surface area contributed by atoms with Crippen molar-refractivity contribution in [2.45, 2.75) is 11.3 Å². The lowest BCUT2D eigenvalue weighted by atomic mass is 9.47. The fourth-order valence-electron chi connectivity index (χ4n) is 7.18. The van der Waals surface area contributed by atoms with Crippen molar-refractivity contribution in [3.63, 3.8) is 0 Å². The van der Waals surface area contributed by atoms with Crippen LogP contribution in [0, 0.1) is 11.8 Å². The molecule has 2 heterocycles. The first-order chi connectivity index (χ1) is 20.1. The molecule has 0 aromatic heterocycles. The number of amides is 3. The number of nitrogens with zero attached hydrogens (tertiary/aromatic N) is 2. The van der Waals surface area contributed by atoms with Gasteiger partial charge in [0, 0.05) is 17.7 Å². The van der Waals surface area contributed by atoms with Gasteiger partial charge in [0.15, 0.2) is 11.5 Å². The maximum absolute atomic E-state index is 14.3. The largest absolute Gasteiger partial charge is 0.454 e. The Labute approximate surface area is 235 Å². The van der Waals surface area contributed by atoms with Crippen LogP contribution in [0.3, 0.4) is 0 Å². The summed E-state index contributed by atoms with van der Waals surface area (Å²) >= 11 is 0. The number of ether oxygens (including phenoxy) is 2. The lowest BCUT2D eigenvalue weighted by Crippen LogP contribution is -2.54. The molecule has 2 aliphatic heterocycles. The number of benzene rings is 4. The Morgan fingerprint density at radius 1 is 0.829 bits per heavy atom. The van der Waals surface area contributed by atoms with Crippen molar-refractivity contribution in [3.05, 3.63) is 125 Å². The van der Waals surface area contributed by atoms with Gasteiger partial charge in [0.1, 0.15) is 0 Å². The maximum Gasteiger partial charge on any atom is 0.271 e. The maximum atomic E-state index is 14.3. The second-order valence-corrected chi connectivity index (χ2v) is 10.6. The van der Waals surface area contributed by atoms with Gasteiger partial charge in [-0.15, -0.1) is 0 Å². The Balaban J connectivity index is 1.27. The smallest absolute Gasteiger partial charge is 0.271 e. The summed E-state index contributed by atoms with van der Waals surface area (Å²) in [7, 11) is 0. The normalized spacial score (nSPS) is 24.8. The first kappa shape index (κ1) is 23.6. The number of hydrogen-bond donors (Lipinski definition) is 1. The van der Waals surface area contributed by atoms with E-state index in [0.29, 0.717) is 22.7 Å². The molecule has 0 spiro atoms. The van der Waals surface area contributed by atoms with Crippen molar-refractivity contribution in [3.8, 4) is 11.5 Å². The van der Waals surface area contributed by atoms with Gasteiger partial charge >= 0.3 is 0 Å². The third kappa shape index (κ3) is 3.15. The molecule has 41 heavy (non-hydrogen) atoms. The SMILES string of the molecule is O=C(N/N=C\C12c3ccccc3C(c3ccccc31)[C@@H]1C(=O)N(c3ccccc3)C(=O)[C@H]12)c1ccc2c(c1)OCO2. The van der Waals surface area contributed by atoms with E-state index in [1.807, 2.05) is 66.7 Å².